The van der Waals surface area contributed by atoms with Crippen molar-refractivity contribution in [1.82, 2.24) is 0 Å². The molecule has 14 heavy (non-hydrogen) atoms. The Morgan fingerprint density at radius 3 is 2.86 bits per heavy atom. The summed E-state index contributed by atoms with van der Waals surface area (Å²) in [6, 6.07) is 5.44. The third-order valence-corrected chi connectivity index (χ3v) is 2.44. The Balaban J connectivity index is 2.47. The molecule has 1 aromatic carbocycles. The molecule has 0 spiro atoms. The molecule has 0 atom stereocenters. The number of likely N-dealkylation sites (N-methyl/N-ethyl adjacent to an activating group) is 1. The van der Waals surface area contributed by atoms with E-state index in [1.165, 1.54) is 0 Å². The van der Waals surface area contributed by atoms with Gasteiger partial charge in [0, 0.05) is 19.3 Å². The molecule has 72 valence electrons. The third kappa shape index (κ3) is 1.54. The molecule has 0 aliphatic carbocycles. The fraction of sp³-hybridized carbons (Fsp3) is 0.200. The molecule has 0 amide bonds. The Kier molecular flexibility index (Phi) is 2.31. The average Bonchev–Trinajstić information content (AvgIpc) is 2.18. The fourth-order valence-corrected chi connectivity index (χ4v) is 1.63. The Hall–Kier alpha value is -1.26. The summed E-state index contributed by atoms with van der Waals surface area (Å²) in [4.78, 5) is 2.07. The second-order valence-corrected chi connectivity index (χ2v) is 3.47. The van der Waals surface area contributed by atoms with Crippen LogP contribution in [0.2, 0.25) is 0 Å². The van der Waals surface area contributed by atoms with Gasteiger partial charge in [-0.3, -0.25) is 0 Å². The van der Waals surface area contributed by atoms with Gasteiger partial charge in [0.2, 0.25) is 0 Å². The number of benzene rings is 1. The van der Waals surface area contributed by atoms with Crippen LogP contribution in [0.1, 0.15) is 5.56 Å². The molecule has 1 heterocycles. The summed E-state index contributed by atoms with van der Waals surface area (Å²) in [6.07, 6.45) is 4.13. The van der Waals surface area contributed by atoms with Crippen LogP contribution in [0, 0.1) is 0 Å². The molecule has 0 fully saturated rings. The maximum atomic E-state index is 9.03. The third-order valence-electron chi connectivity index (χ3n) is 2.44. The lowest BCUT2D eigenvalue weighted by molar-refractivity contribution is 0.426. The smallest absolute Gasteiger partial charge is 0.423 e. The van der Waals surface area contributed by atoms with E-state index in [9.17, 15) is 0 Å². The maximum Gasteiger partial charge on any atom is 0.488 e. The number of hydrogen-bond acceptors (Lipinski definition) is 3. The first-order valence-corrected chi connectivity index (χ1v) is 4.56. The molecule has 1 aliphatic heterocycles. The first-order valence-electron chi connectivity index (χ1n) is 4.56. The number of nitrogens with zero attached hydrogens (tertiary/aromatic N) is 1. The lowest BCUT2D eigenvalue weighted by Gasteiger charge is -2.24. The van der Waals surface area contributed by atoms with Crippen LogP contribution in [-0.4, -0.2) is 30.8 Å². The highest BCUT2D eigenvalue weighted by atomic mass is 16.4. The van der Waals surface area contributed by atoms with Gasteiger partial charge in [0.15, 0.2) is 0 Å². The highest BCUT2D eigenvalue weighted by Crippen LogP contribution is 2.22. The van der Waals surface area contributed by atoms with E-state index >= 15 is 0 Å². The molecule has 2 rings (SSSR count). The number of anilines is 1. The zero-order valence-electron chi connectivity index (χ0n) is 8.01. The SMILES string of the molecule is CN1CC=Cc2ccc(B(O)O)cc21. The van der Waals surface area contributed by atoms with E-state index in [1.807, 2.05) is 25.3 Å². The molecule has 0 aromatic heterocycles. The second kappa shape index (κ2) is 3.48. The lowest BCUT2D eigenvalue weighted by atomic mass is 9.79. The summed E-state index contributed by atoms with van der Waals surface area (Å²) in [5.41, 5.74) is 2.69. The molecular formula is C10H12BNO2. The van der Waals surface area contributed by atoms with Crippen LogP contribution in [0.3, 0.4) is 0 Å². The number of fused-ring (bicyclic) bond motifs is 1. The highest BCUT2D eigenvalue weighted by molar-refractivity contribution is 6.58. The molecule has 0 unspecified atom stereocenters. The molecule has 4 heteroatoms. The van der Waals surface area contributed by atoms with Gasteiger partial charge < -0.3 is 14.9 Å². The van der Waals surface area contributed by atoms with Crippen LogP contribution < -0.4 is 10.4 Å². The topological polar surface area (TPSA) is 43.7 Å². The van der Waals surface area contributed by atoms with Gasteiger partial charge in [-0.25, -0.2) is 0 Å². The Morgan fingerprint density at radius 2 is 2.14 bits per heavy atom. The van der Waals surface area contributed by atoms with Crippen molar-refractivity contribution in [1.29, 1.82) is 0 Å². The maximum absolute atomic E-state index is 9.03. The Morgan fingerprint density at radius 1 is 1.36 bits per heavy atom. The van der Waals surface area contributed by atoms with E-state index in [4.69, 9.17) is 10.0 Å². The van der Waals surface area contributed by atoms with Crippen LogP contribution in [0.5, 0.6) is 0 Å². The van der Waals surface area contributed by atoms with Crippen molar-refractivity contribution >= 4 is 24.3 Å². The van der Waals surface area contributed by atoms with Gasteiger partial charge in [0.25, 0.3) is 0 Å². The fourth-order valence-electron chi connectivity index (χ4n) is 1.63. The predicted octanol–water partition coefficient (Wildman–Crippen LogP) is -0.171. The second-order valence-electron chi connectivity index (χ2n) is 3.47. The molecule has 0 bridgehead atoms. The van der Waals surface area contributed by atoms with E-state index in [-0.39, 0.29) is 0 Å². The number of rotatable bonds is 1. The first kappa shape index (κ1) is 9.31. The zero-order chi connectivity index (χ0) is 10.1. The van der Waals surface area contributed by atoms with Gasteiger partial charge in [-0.05, 0) is 17.1 Å². The van der Waals surface area contributed by atoms with Crippen LogP contribution in [0.25, 0.3) is 6.08 Å². The van der Waals surface area contributed by atoms with Crippen molar-refractivity contribution in [2.24, 2.45) is 0 Å². The van der Waals surface area contributed by atoms with Crippen LogP contribution >= 0.6 is 0 Å². The minimum atomic E-state index is -1.39. The van der Waals surface area contributed by atoms with Crippen LogP contribution in [0.15, 0.2) is 24.3 Å². The monoisotopic (exact) mass is 189 g/mol. The molecule has 0 saturated carbocycles. The van der Waals surface area contributed by atoms with Gasteiger partial charge >= 0.3 is 7.12 Å². The molecule has 1 aliphatic rings. The van der Waals surface area contributed by atoms with Crippen LogP contribution in [0.4, 0.5) is 5.69 Å². The Bertz CT molecular complexity index is 376. The lowest BCUT2D eigenvalue weighted by Crippen LogP contribution is -2.31. The minimum absolute atomic E-state index is 0.533. The summed E-state index contributed by atoms with van der Waals surface area (Å²) in [5.74, 6) is 0. The van der Waals surface area contributed by atoms with Gasteiger partial charge in [-0.2, -0.15) is 0 Å². The summed E-state index contributed by atoms with van der Waals surface area (Å²) < 4.78 is 0. The van der Waals surface area contributed by atoms with E-state index in [0.717, 1.165) is 17.8 Å². The van der Waals surface area contributed by atoms with Crippen molar-refractivity contribution in [2.75, 3.05) is 18.5 Å². The normalized spacial score (nSPS) is 14.1. The number of hydrogen-bond donors (Lipinski definition) is 2. The van der Waals surface area contributed by atoms with Crippen molar-refractivity contribution in [3.63, 3.8) is 0 Å². The van der Waals surface area contributed by atoms with Gasteiger partial charge in [-0.15, -0.1) is 0 Å². The van der Waals surface area contributed by atoms with Crippen molar-refractivity contribution in [3.8, 4) is 0 Å². The van der Waals surface area contributed by atoms with Crippen LogP contribution in [-0.2, 0) is 0 Å². The molecule has 0 saturated heterocycles. The summed E-state index contributed by atoms with van der Waals surface area (Å²) in [5, 5.41) is 18.1. The molecule has 0 radical (unpaired) electrons. The summed E-state index contributed by atoms with van der Waals surface area (Å²) >= 11 is 0. The van der Waals surface area contributed by atoms with Crippen molar-refractivity contribution in [2.45, 2.75) is 0 Å². The van der Waals surface area contributed by atoms with Gasteiger partial charge in [0.1, 0.15) is 0 Å². The average molecular weight is 189 g/mol. The first-order chi connectivity index (χ1) is 6.68. The zero-order valence-corrected chi connectivity index (χ0v) is 8.01. The van der Waals surface area contributed by atoms with E-state index in [1.54, 1.807) is 6.07 Å². The van der Waals surface area contributed by atoms with E-state index in [2.05, 4.69) is 11.0 Å². The minimum Gasteiger partial charge on any atom is -0.423 e. The van der Waals surface area contributed by atoms with Gasteiger partial charge in [0.05, 0.1) is 0 Å². The molecule has 1 aromatic rings. The highest BCUT2D eigenvalue weighted by Gasteiger charge is 2.15. The quantitative estimate of drug-likeness (QED) is 0.602. The largest absolute Gasteiger partial charge is 0.488 e. The van der Waals surface area contributed by atoms with Gasteiger partial charge in [-0.1, -0.05) is 24.3 Å². The van der Waals surface area contributed by atoms with E-state index in [0.29, 0.717) is 5.46 Å². The molecule has 2 N–H and O–H groups in total. The standard InChI is InChI=1S/C10H12BNO2/c1-12-6-2-3-8-4-5-9(11(13)14)7-10(8)12/h2-5,7,13-14H,6H2,1H3. The van der Waals surface area contributed by atoms with E-state index < -0.39 is 7.12 Å². The summed E-state index contributed by atoms with van der Waals surface area (Å²) in [6.45, 7) is 0.859. The molecule has 3 nitrogen and oxygen atoms in total. The Labute approximate surface area is 83.4 Å². The van der Waals surface area contributed by atoms with Crippen molar-refractivity contribution in [3.05, 3.63) is 29.8 Å². The summed E-state index contributed by atoms with van der Waals surface area (Å²) in [7, 11) is 0.593. The predicted molar refractivity (Wildman–Crippen MR) is 58.6 cm³/mol. The van der Waals surface area contributed by atoms with Crippen molar-refractivity contribution < 1.29 is 10.0 Å². The molecular weight excluding hydrogens is 177 g/mol.